The van der Waals surface area contributed by atoms with Crippen LogP contribution in [0.25, 0.3) is 0 Å². The van der Waals surface area contributed by atoms with Crippen molar-refractivity contribution in [2.75, 3.05) is 0 Å². The Morgan fingerprint density at radius 3 is 2.32 bits per heavy atom. The zero-order valence-corrected chi connectivity index (χ0v) is 15.3. The van der Waals surface area contributed by atoms with Crippen molar-refractivity contribution in [2.45, 2.75) is 6.92 Å². The number of carbonyl (C=O) groups is 1. The maximum atomic E-state index is 12.5. The molecule has 0 aliphatic heterocycles. The summed E-state index contributed by atoms with van der Waals surface area (Å²) in [5.74, 6) is -0.0676. The van der Waals surface area contributed by atoms with Crippen LogP contribution in [0.3, 0.4) is 0 Å². The third-order valence-electron chi connectivity index (χ3n) is 2.67. The molecular weight excluding hydrogens is 459 g/mol. The van der Waals surface area contributed by atoms with E-state index in [2.05, 4.69) is 47.8 Å². The van der Waals surface area contributed by atoms with E-state index in [1.807, 2.05) is 19.1 Å². The first-order chi connectivity index (χ1) is 8.90. The van der Waals surface area contributed by atoms with Gasteiger partial charge in [-0.3, -0.25) is 4.79 Å². The molecule has 0 radical (unpaired) electrons. The Labute approximate surface area is 141 Å². The Kier molecular flexibility index (Phi) is 4.88. The van der Waals surface area contributed by atoms with Gasteiger partial charge in [-0.15, -0.1) is 0 Å². The summed E-state index contributed by atoms with van der Waals surface area (Å²) < 4.78 is 2.45. The monoisotopic (exact) mass is 464 g/mol. The molecule has 0 aliphatic rings. The molecule has 0 heterocycles. The van der Waals surface area contributed by atoms with Gasteiger partial charge in [-0.1, -0.05) is 43.5 Å². The van der Waals surface area contributed by atoms with E-state index in [1.165, 1.54) is 0 Å². The van der Waals surface area contributed by atoms with Gasteiger partial charge in [0.05, 0.1) is 5.02 Å². The van der Waals surface area contributed by atoms with Gasteiger partial charge in [0.15, 0.2) is 5.78 Å². The lowest BCUT2D eigenvalue weighted by atomic mass is 10.0. The van der Waals surface area contributed by atoms with Crippen LogP contribution in [-0.4, -0.2) is 5.78 Å². The topological polar surface area (TPSA) is 17.1 Å². The minimum atomic E-state index is -0.0676. The number of benzene rings is 2. The van der Waals surface area contributed by atoms with Crippen molar-refractivity contribution in [2.24, 2.45) is 0 Å². The lowest BCUT2D eigenvalue weighted by Crippen LogP contribution is -2.03. The largest absolute Gasteiger partial charge is 0.289 e. The van der Waals surface area contributed by atoms with Crippen molar-refractivity contribution in [1.29, 1.82) is 0 Å². The number of rotatable bonds is 2. The zero-order chi connectivity index (χ0) is 14.2. The lowest BCUT2D eigenvalue weighted by Gasteiger charge is -2.08. The number of carbonyl (C=O) groups excluding carboxylic acids is 1. The van der Waals surface area contributed by atoms with Gasteiger partial charge in [0.2, 0.25) is 0 Å². The molecule has 0 saturated carbocycles. The van der Waals surface area contributed by atoms with Crippen molar-refractivity contribution >= 4 is 65.2 Å². The Bertz CT molecular complexity index is 668. The summed E-state index contributed by atoms with van der Waals surface area (Å²) in [6, 6.07) is 8.91. The van der Waals surface area contributed by atoms with Crippen molar-refractivity contribution in [1.82, 2.24) is 0 Å². The first kappa shape index (κ1) is 15.2. The molecule has 0 fully saturated rings. The Morgan fingerprint density at radius 1 is 1.00 bits per heavy atom. The van der Waals surface area contributed by atoms with Crippen LogP contribution in [0.5, 0.6) is 0 Å². The SMILES string of the molecule is Cc1cc(Br)c(C(=O)c2ccc(Br)c(Cl)c2)cc1Br. The van der Waals surface area contributed by atoms with Crippen LogP contribution < -0.4 is 0 Å². The number of halogens is 4. The van der Waals surface area contributed by atoms with Gasteiger partial charge in [0.25, 0.3) is 0 Å². The third kappa shape index (κ3) is 3.30. The number of hydrogen-bond acceptors (Lipinski definition) is 1. The maximum Gasteiger partial charge on any atom is 0.194 e. The molecule has 1 nitrogen and oxygen atoms in total. The van der Waals surface area contributed by atoms with Crippen LogP contribution >= 0.6 is 59.4 Å². The van der Waals surface area contributed by atoms with Crippen LogP contribution in [0.15, 0.2) is 43.7 Å². The summed E-state index contributed by atoms with van der Waals surface area (Å²) in [7, 11) is 0. The Morgan fingerprint density at radius 2 is 1.68 bits per heavy atom. The van der Waals surface area contributed by atoms with Crippen LogP contribution in [0.4, 0.5) is 0 Å². The second kappa shape index (κ2) is 6.08. The summed E-state index contributed by atoms with van der Waals surface area (Å²) in [6.07, 6.45) is 0. The van der Waals surface area contributed by atoms with Gasteiger partial charge >= 0.3 is 0 Å². The molecule has 0 saturated heterocycles. The van der Waals surface area contributed by atoms with Crippen LogP contribution in [0.2, 0.25) is 5.02 Å². The molecule has 0 amide bonds. The van der Waals surface area contributed by atoms with Gasteiger partial charge in [-0.2, -0.15) is 0 Å². The maximum absolute atomic E-state index is 12.5. The molecule has 0 aromatic heterocycles. The van der Waals surface area contributed by atoms with E-state index in [1.54, 1.807) is 18.2 Å². The molecule has 5 heteroatoms. The quantitative estimate of drug-likeness (QED) is 0.483. The van der Waals surface area contributed by atoms with Crippen molar-refractivity contribution in [3.05, 3.63) is 65.5 Å². The average Bonchev–Trinajstić information content (AvgIpc) is 2.36. The number of hydrogen-bond donors (Lipinski definition) is 0. The standard InChI is InChI=1S/C14H8Br3ClO/c1-7-4-12(17)9(6-11(7)16)14(19)8-2-3-10(15)13(18)5-8/h2-6H,1H3. The number of aryl methyl sites for hydroxylation is 1. The van der Waals surface area contributed by atoms with E-state index in [9.17, 15) is 4.79 Å². The van der Waals surface area contributed by atoms with Crippen molar-refractivity contribution < 1.29 is 4.79 Å². The predicted molar refractivity (Wildman–Crippen MR) is 89.2 cm³/mol. The minimum absolute atomic E-state index is 0.0676. The summed E-state index contributed by atoms with van der Waals surface area (Å²) in [4.78, 5) is 12.5. The fourth-order valence-electron chi connectivity index (χ4n) is 1.61. The molecule has 2 rings (SSSR count). The number of ketones is 1. The highest BCUT2D eigenvalue weighted by atomic mass is 79.9. The average molecular weight is 467 g/mol. The molecule has 0 bridgehead atoms. The summed E-state index contributed by atoms with van der Waals surface area (Å²) >= 11 is 16.2. The second-order valence-corrected chi connectivity index (χ2v) is 7.01. The molecule has 19 heavy (non-hydrogen) atoms. The van der Waals surface area contributed by atoms with E-state index in [-0.39, 0.29) is 5.78 Å². The van der Waals surface area contributed by atoms with E-state index >= 15 is 0 Å². The van der Waals surface area contributed by atoms with E-state index in [0.29, 0.717) is 16.1 Å². The van der Waals surface area contributed by atoms with Crippen LogP contribution in [0, 0.1) is 6.92 Å². The molecular formula is C14H8Br3ClO. The second-order valence-electron chi connectivity index (χ2n) is 4.04. The molecule has 0 atom stereocenters. The fourth-order valence-corrected chi connectivity index (χ4v) is 3.02. The third-order valence-corrected chi connectivity index (χ3v) is 5.42. The van der Waals surface area contributed by atoms with Gasteiger partial charge < -0.3 is 0 Å². The first-order valence-electron chi connectivity index (χ1n) is 5.35. The van der Waals surface area contributed by atoms with Gasteiger partial charge in [-0.05, 0) is 58.7 Å². The zero-order valence-electron chi connectivity index (χ0n) is 9.81. The first-order valence-corrected chi connectivity index (χ1v) is 8.11. The predicted octanol–water partition coefficient (Wildman–Crippen LogP) is 6.17. The molecule has 0 aliphatic carbocycles. The summed E-state index contributed by atoms with van der Waals surface area (Å²) in [5.41, 5.74) is 2.23. The van der Waals surface area contributed by atoms with Gasteiger partial charge in [0, 0.05) is 24.5 Å². The van der Waals surface area contributed by atoms with E-state index in [4.69, 9.17) is 11.6 Å². The molecule has 0 spiro atoms. The molecule has 98 valence electrons. The highest BCUT2D eigenvalue weighted by molar-refractivity contribution is 9.11. The van der Waals surface area contributed by atoms with Gasteiger partial charge in [0.1, 0.15) is 0 Å². The molecule has 2 aromatic rings. The lowest BCUT2D eigenvalue weighted by molar-refractivity contribution is 0.103. The van der Waals surface area contributed by atoms with Crippen LogP contribution in [-0.2, 0) is 0 Å². The highest BCUT2D eigenvalue weighted by Crippen LogP contribution is 2.29. The van der Waals surface area contributed by atoms with E-state index in [0.717, 1.165) is 19.0 Å². The minimum Gasteiger partial charge on any atom is -0.289 e. The highest BCUT2D eigenvalue weighted by Gasteiger charge is 2.15. The summed E-state index contributed by atoms with van der Waals surface area (Å²) in [6.45, 7) is 1.97. The Balaban J connectivity index is 2.49. The van der Waals surface area contributed by atoms with Crippen LogP contribution in [0.1, 0.15) is 21.5 Å². The fraction of sp³-hybridized carbons (Fsp3) is 0.0714. The van der Waals surface area contributed by atoms with E-state index < -0.39 is 0 Å². The van der Waals surface area contributed by atoms with Crippen molar-refractivity contribution in [3.8, 4) is 0 Å². The summed E-state index contributed by atoms with van der Waals surface area (Å²) in [5, 5.41) is 0.521. The molecule has 2 aromatic carbocycles. The molecule has 0 unspecified atom stereocenters. The molecule has 0 N–H and O–H groups in total. The van der Waals surface area contributed by atoms with Gasteiger partial charge in [-0.25, -0.2) is 0 Å². The normalized spacial score (nSPS) is 10.6. The smallest absolute Gasteiger partial charge is 0.194 e. The van der Waals surface area contributed by atoms with Crippen molar-refractivity contribution in [3.63, 3.8) is 0 Å². The Hall–Kier alpha value is -0.160.